The molecule has 2 N–H and O–H groups in total. The number of hydrogen-bond acceptors (Lipinski definition) is 3. The van der Waals surface area contributed by atoms with Crippen LogP contribution >= 0.6 is 0 Å². The molecule has 0 aromatic carbocycles. The van der Waals surface area contributed by atoms with E-state index in [-0.39, 0.29) is 6.04 Å². The fourth-order valence-electron chi connectivity index (χ4n) is 2.79. The number of aromatic nitrogens is 1. The second-order valence-electron chi connectivity index (χ2n) is 6.02. The van der Waals surface area contributed by atoms with Crippen molar-refractivity contribution >= 4 is 10.0 Å². The molecule has 1 aliphatic rings. The lowest BCUT2D eigenvalue weighted by Gasteiger charge is -2.32. The van der Waals surface area contributed by atoms with Crippen LogP contribution in [0.4, 0.5) is 0 Å². The van der Waals surface area contributed by atoms with Crippen molar-refractivity contribution in [1.82, 2.24) is 14.6 Å². The average Bonchev–Trinajstić information content (AvgIpc) is 2.81. The summed E-state index contributed by atoms with van der Waals surface area (Å²) in [6, 6.07) is 1.90. The molecule has 1 aromatic rings. The van der Waals surface area contributed by atoms with E-state index < -0.39 is 10.0 Å². The van der Waals surface area contributed by atoms with Crippen LogP contribution in [-0.2, 0) is 23.1 Å². The summed E-state index contributed by atoms with van der Waals surface area (Å²) in [5, 5.41) is 3.32. The molecule has 21 heavy (non-hydrogen) atoms. The van der Waals surface area contributed by atoms with Crippen LogP contribution < -0.4 is 10.0 Å². The van der Waals surface area contributed by atoms with Crippen molar-refractivity contribution < 1.29 is 8.42 Å². The van der Waals surface area contributed by atoms with Crippen molar-refractivity contribution in [1.29, 1.82) is 0 Å². The lowest BCUT2D eigenvalue weighted by Crippen LogP contribution is -2.43. The molecule has 1 saturated carbocycles. The largest absolute Gasteiger partial charge is 0.349 e. The Morgan fingerprint density at radius 1 is 1.33 bits per heavy atom. The van der Waals surface area contributed by atoms with Crippen molar-refractivity contribution in [3.63, 3.8) is 0 Å². The molecular weight excluding hydrogens is 286 g/mol. The van der Waals surface area contributed by atoms with Crippen molar-refractivity contribution in [3.05, 3.63) is 18.0 Å². The topological polar surface area (TPSA) is 63.1 Å². The first kappa shape index (κ1) is 16.5. The van der Waals surface area contributed by atoms with Crippen molar-refractivity contribution in [3.8, 4) is 0 Å². The van der Waals surface area contributed by atoms with Gasteiger partial charge in [0.25, 0.3) is 0 Å². The van der Waals surface area contributed by atoms with Gasteiger partial charge in [-0.05, 0) is 44.7 Å². The molecule has 0 amide bonds. The molecular formula is C15H27N3O2S. The molecule has 1 heterocycles. The number of rotatable bonds is 8. The lowest BCUT2D eigenvalue weighted by molar-refractivity contribution is 0.270. The van der Waals surface area contributed by atoms with Crippen LogP contribution in [0.2, 0.25) is 0 Å². The SMILES string of the molecule is CCCNCc1cc(S(=O)(=O)NC2CC(C)C2)cn1CC. The molecule has 1 fully saturated rings. The molecule has 0 bridgehead atoms. The maximum atomic E-state index is 12.4. The molecule has 0 unspecified atom stereocenters. The fraction of sp³-hybridized carbons (Fsp3) is 0.733. The molecule has 1 aromatic heterocycles. The highest BCUT2D eigenvalue weighted by Gasteiger charge is 2.30. The monoisotopic (exact) mass is 313 g/mol. The van der Waals surface area contributed by atoms with Gasteiger partial charge in [-0.2, -0.15) is 0 Å². The lowest BCUT2D eigenvalue weighted by atomic mass is 9.83. The predicted molar refractivity (Wildman–Crippen MR) is 84.6 cm³/mol. The quantitative estimate of drug-likeness (QED) is 0.722. The summed E-state index contributed by atoms with van der Waals surface area (Å²) in [4.78, 5) is 0.386. The van der Waals surface area contributed by atoms with Crippen LogP contribution in [0.1, 0.15) is 45.7 Å². The first-order valence-corrected chi connectivity index (χ1v) is 9.36. The smallest absolute Gasteiger partial charge is 0.242 e. The second kappa shape index (κ2) is 6.94. The van der Waals surface area contributed by atoms with E-state index in [0.29, 0.717) is 17.4 Å². The zero-order chi connectivity index (χ0) is 15.5. The number of aryl methyl sites for hydroxylation is 1. The standard InChI is InChI=1S/C15H27N3O2S/c1-4-6-16-10-14-9-15(11-18(14)5-2)21(19,20)17-13-7-12(3)8-13/h9,11-13,16-17H,4-8,10H2,1-3H3. The minimum absolute atomic E-state index is 0.108. The third kappa shape index (κ3) is 4.08. The average molecular weight is 313 g/mol. The molecule has 0 saturated heterocycles. The van der Waals surface area contributed by atoms with Gasteiger partial charge < -0.3 is 9.88 Å². The zero-order valence-electron chi connectivity index (χ0n) is 13.2. The Bertz CT molecular complexity index is 559. The predicted octanol–water partition coefficient (Wildman–Crippen LogP) is 2.08. The van der Waals surface area contributed by atoms with Gasteiger partial charge in [0.05, 0.1) is 4.90 Å². The van der Waals surface area contributed by atoms with Gasteiger partial charge >= 0.3 is 0 Å². The molecule has 0 spiro atoms. The maximum absolute atomic E-state index is 12.4. The molecule has 1 aliphatic carbocycles. The van der Waals surface area contributed by atoms with E-state index in [4.69, 9.17) is 0 Å². The minimum atomic E-state index is -3.38. The summed E-state index contributed by atoms with van der Waals surface area (Å²) in [5.41, 5.74) is 1.02. The third-order valence-electron chi connectivity index (χ3n) is 4.04. The maximum Gasteiger partial charge on any atom is 0.242 e. The number of nitrogens with zero attached hydrogens (tertiary/aromatic N) is 1. The summed E-state index contributed by atoms with van der Waals surface area (Å²) in [5.74, 6) is 0.631. The van der Waals surface area contributed by atoms with Gasteiger partial charge in [0.15, 0.2) is 0 Å². The summed E-state index contributed by atoms with van der Waals surface area (Å²) in [7, 11) is -3.38. The number of sulfonamides is 1. The van der Waals surface area contributed by atoms with Crippen LogP contribution in [0, 0.1) is 5.92 Å². The Morgan fingerprint density at radius 3 is 2.62 bits per heavy atom. The van der Waals surface area contributed by atoms with Gasteiger partial charge in [0.1, 0.15) is 0 Å². The third-order valence-corrected chi connectivity index (χ3v) is 5.53. The van der Waals surface area contributed by atoms with E-state index in [1.807, 2.05) is 11.5 Å². The van der Waals surface area contributed by atoms with Crippen LogP contribution in [0.5, 0.6) is 0 Å². The summed E-state index contributed by atoms with van der Waals surface area (Å²) in [6.07, 6.45) is 4.70. The van der Waals surface area contributed by atoms with Crippen molar-refractivity contribution in [2.24, 2.45) is 5.92 Å². The Hall–Kier alpha value is -0.850. The van der Waals surface area contributed by atoms with Crippen LogP contribution in [0.25, 0.3) is 0 Å². The summed E-state index contributed by atoms with van der Waals surface area (Å²) in [6.45, 7) is 8.72. The zero-order valence-corrected chi connectivity index (χ0v) is 14.0. The Morgan fingerprint density at radius 2 is 2.05 bits per heavy atom. The molecule has 0 radical (unpaired) electrons. The summed E-state index contributed by atoms with van der Waals surface area (Å²) < 4.78 is 29.6. The van der Waals surface area contributed by atoms with Gasteiger partial charge in [-0.25, -0.2) is 13.1 Å². The van der Waals surface area contributed by atoms with Crippen molar-refractivity contribution in [2.45, 2.75) is 64.1 Å². The van der Waals surface area contributed by atoms with Crippen LogP contribution in [0.15, 0.2) is 17.2 Å². The van der Waals surface area contributed by atoms with Gasteiger partial charge in [-0.1, -0.05) is 13.8 Å². The molecule has 0 atom stereocenters. The highest BCUT2D eigenvalue weighted by atomic mass is 32.2. The van der Waals surface area contributed by atoms with E-state index >= 15 is 0 Å². The molecule has 120 valence electrons. The first-order chi connectivity index (χ1) is 9.96. The van der Waals surface area contributed by atoms with E-state index in [2.05, 4.69) is 23.9 Å². The minimum Gasteiger partial charge on any atom is -0.349 e. The van der Waals surface area contributed by atoms with Gasteiger partial charge in [-0.15, -0.1) is 0 Å². The first-order valence-electron chi connectivity index (χ1n) is 7.88. The van der Waals surface area contributed by atoms with Crippen molar-refractivity contribution in [2.75, 3.05) is 6.54 Å². The van der Waals surface area contributed by atoms with E-state index in [9.17, 15) is 8.42 Å². The van der Waals surface area contributed by atoms with Gasteiger partial charge in [0, 0.05) is 31.0 Å². The number of nitrogens with one attached hydrogen (secondary N) is 2. The second-order valence-corrected chi connectivity index (χ2v) is 7.74. The van der Waals surface area contributed by atoms with Crippen LogP contribution in [-0.4, -0.2) is 25.6 Å². The fourth-order valence-corrected chi connectivity index (χ4v) is 4.12. The van der Waals surface area contributed by atoms with Gasteiger partial charge in [-0.3, -0.25) is 0 Å². The normalized spacial score (nSPS) is 22.2. The highest BCUT2D eigenvalue weighted by molar-refractivity contribution is 7.89. The Kier molecular flexibility index (Phi) is 5.46. The number of hydrogen-bond donors (Lipinski definition) is 2. The molecule has 0 aliphatic heterocycles. The Balaban J connectivity index is 2.07. The van der Waals surface area contributed by atoms with E-state index in [1.165, 1.54) is 0 Å². The van der Waals surface area contributed by atoms with Gasteiger partial charge in [0.2, 0.25) is 10.0 Å². The van der Waals surface area contributed by atoms with E-state index in [1.54, 1.807) is 12.3 Å². The highest BCUT2D eigenvalue weighted by Crippen LogP contribution is 2.28. The molecule has 2 rings (SSSR count). The molecule has 6 heteroatoms. The van der Waals surface area contributed by atoms with E-state index in [0.717, 1.165) is 38.0 Å². The molecule has 5 nitrogen and oxygen atoms in total. The summed E-state index contributed by atoms with van der Waals surface area (Å²) >= 11 is 0. The Labute approximate surface area is 128 Å². The van der Waals surface area contributed by atoms with Crippen LogP contribution in [0.3, 0.4) is 0 Å².